The number of hydrogen-bond acceptors (Lipinski definition) is 4. The van der Waals surface area contributed by atoms with Crippen LogP contribution in [-0.2, 0) is 14.9 Å². The molecule has 0 aliphatic rings. The Morgan fingerprint density at radius 2 is 1.94 bits per heavy atom. The van der Waals surface area contributed by atoms with Crippen molar-refractivity contribution in [3.8, 4) is 5.75 Å². The lowest BCUT2D eigenvalue weighted by Gasteiger charge is -2.13. The van der Waals surface area contributed by atoms with Crippen molar-refractivity contribution in [1.29, 1.82) is 0 Å². The Balaban J connectivity index is 3.07. The molecule has 1 aromatic rings. The number of hydrogen-bond donors (Lipinski definition) is 2. The molecule has 1 rings (SSSR count). The van der Waals surface area contributed by atoms with Gasteiger partial charge >= 0.3 is 21.5 Å². The van der Waals surface area contributed by atoms with Crippen LogP contribution in [0.3, 0.4) is 0 Å². The van der Waals surface area contributed by atoms with Crippen LogP contribution >= 0.6 is 23.2 Å². The first-order chi connectivity index (χ1) is 7.71. The normalized spacial score (nSPS) is 13.1. The van der Waals surface area contributed by atoms with Crippen LogP contribution in [0.25, 0.3) is 0 Å². The smallest absolute Gasteiger partial charge is 0.363 e. The minimum absolute atomic E-state index is 0.0765. The van der Waals surface area contributed by atoms with Crippen molar-refractivity contribution in [2.24, 2.45) is 0 Å². The van der Waals surface area contributed by atoms with E-state index in [9.17, 15) is 13.2 Å². The molecule has 0 amide bonds. The Morgan fingerprint density at radius 1 is 1.35 bits per heavy atom. The summed E-state index contributed by atoms with van der Waals surface area (Å²) >= 11 is 11.2. The van der Waals surface area contributed by atoms with Crippen LogP contribution < -0.4 is 4.74 Å². The molecule has 0 heterocycles. The molecule has 2 N–H and O–H groups in total. The van der Waals surface area contributed by atoms with Crippen LogP contribution in [0.15, 0.2) is 18.2 Å². The summed E-state index contributed by atoms with van der Waals surface area (Å²) in [6, 6.07) is 3.75. The number of halogens is 2. The fourth-order valence-electron chi connectivity index (χ4n) is 0.925. The second kappa shape index (κ2) is 5.09. The van der Waals surface area contributed by atoms with Crippen molar-refractivity contribution in [2.75, 3.05) is 0 Å². The summed E-state index contributed by atoms with van der Waals surface area (Å²) < 4.78 is 34.7. The van der Waals surface area contributed by atoms with E-state index in [1.54, 1.807) is 0 Å². The molecule has 0 saturated heterocycles. The highest BCUT2D eigenvalue weighted by Crippen LogP contribution is 2.28. The predicted molar refractivity (Wildman–Crippen MR) is 60.1 cm³/mol. The molecule has 0 saturated carbocycles. The third-order valence-corrected chi connectivity index (χ3v) is 2.97. The van der Waals surface area contributed by atoms with Gasteiger partial charge in [-0.15, -0.1) is 0 Å². The highest BCUT2D eigenvalue weighted by atomic mass is 35.5. The topological polar surface area (TPSA) is 101 Å². The molecule has 94 valence electrons. The second-order valence-electron chi connectivity index (χ2n) is 2.88. The summed E-state index contributed by atoms with van der Waals surface area (Å²) in [6.07, 6.45) is 0. The molecule has 0 fully saturated rings. The highest BCUT2D eigenvalue weighted by molar-refractivity contribution is 7.87. The first kappa shape index (κ1) is 14.0. The van der Waals surface area contributed by atoms with Crippen LogP contribution in [0.5, 0.6) is 5.75 Å². The molecule has 0 bridgehead atoms. The molecule has 0 aliphatic carbocycles. The van der Waals surface area contributed by atoms with Crippen LogP contribution in [0.4, 0.5) is 0 Å². The molecule has 1 aromatic carbocycles. The summed E-state index contributed by atoms with van der Waals surface area (Å²) in [4.78, 5) is 10.6. The zero-order chi connectivity index (χ0) is 13.2. The summed E-state index contributed by atoms with van der Waals surface area (Å²) in [5.74, 6) is -2.08. The fraction of sp³-hybridized carbons (Fsp3) is 0.125. The largest absolute Gasteiger partial charge is 0.478 e. The van der Waals surface area contributed by atoms with Crippen molar-refractivity contribution < 1.29 is 27.6 Å². The number of carboxylic acid groups (broad SMARTS) is 1. The van der Waals surface area contributed by atoms with E-state index >= 15 is 0 Å². The number of carbonyl (C=O) groups is 1. The molecular formula is C8H6Cl2O6S. The van der Waals surface area contributed by atoms with E-state index in [4.69, 9.17) is 32.9 Å². The molecule has 0 aromatic heterocycles. The monoisotopic (exact) mass is 300 g/mol. The van der Waals surface area contributed by atoms with Gasteiger partial charge in [0, 0.05) is 5.02 Å². The number of carboxylic acids is 1. The quantitative estimate of drug-likeness (QED) is 0.820. The Morgan fingerprint density at radius 3 is 2.35 bits per heavy atom. The molecule has 0 aliphatic heterocycles. The van der Waals surface area contributed by atoms with Gasteiger partial charge in [-0.2, -0.15) is 8.42 Å². The lowest BCUT2D eigenvalue weighted by Crippen LogP contribution is -2.35. The number of aliphatic carboxylic acids is 1. The third kappa shape index (κ3) is 3.74. The van der Waals surface area contributed by atoms with Crippen molar-refractivity contribution in [1.82, 2.24) is 0 Å². The molecule has 0 spiro atoms. The van der Waals surface area contributed by atoms with E-state index in [0.717, 1.165) is 0 Å². The zero-order valence-corrected chi connectivity index (χ0v) is 10.3. The van der Waals surface area contributed by atoms with Gasteiger partial charge in [0.15, 0.2) is 0 Å². The third-order valence-electron chi connectivity index (χ3n) is 1.60. The van der Waals surface area contributed by atoms with Crippen molar-refractivity contribution >= 4 is 39.3 Å². The maximum atomic E-state index is 10.7. The van der Waals surface area contributed by atoms with Gasteiger partial charge in [0.2, 0.25) is 0 Å². The minimum Gasteiger partial charge on any atom is -0.478 e. The van der Waals surface area contributed by atoms with Crippen molar-refractivity contribution in [2.45, 2.75) is 5.44 Å². The average Bonchev–Trinajstić information content (AvgIpc) is 2.13. The summed E-state index contributed by atoms with van der Waals surface area (Å²) in [6.45, 7) is 0. The Bertz CT molecular complexity index is 541. The van der Waals surface area contributed by atoms with Crippen LogP contribution in [-0.4, -0.2) is 29.5 Å². The van der Waals surface area contributed by atoms with E-state index in [1.807, 2.05) is 0 Å². The van der Waals surface area contributed by atoms with Crippen LogP contribution in [0, 0.1) is 0 Å². The van der Waals surface area contributed by atoms with E-state index in [2.05, 4.69) is 4.74 Å². The highest BCUT2D eigenvalue weighted by Gasteiger charge is 2.33. The van der Waals surface area contributed by atoms with E-state index in [-0.39, 0.29) is 15.8 Å². The Kier molecular flexibility index (Phi) is 4.21. The first-order valence-electron chi connectivity index (χ1n) is 4.02. The molecule has 9 heteroatoms. The van der Waals surface area contributed by atoms with Gasteiger partial charge in [-0.1, -0.05) is 23.2 Å². The zero-order valence-electron chi connectivity index (χ0n) is 8.00. The summed E-state index contributed by atoms with van der Waals surface area (Å²) in [7, 11) is -4.90. The van der Waals surface area contributed by atoms with Gasteiger partial charge in [-0.25, -0.2) is 4.79 Å². The van der Waals surface area contributed by atoms with Gasteiger partial charge in [-0.05, 0) is 18.2 Å². The predicted octanol–water partition coefficient (Wildman–Crippen LogP) is 1.67. The Labute approximate surface area is 106 Å². The number of benzene rings is 1. The van der Waals surface area contributed by atoms with E-state index in [1.165, 1.54) is 18.2 Å². The lowest BCUT2D eigenvalue weighted by molar-refractivity contribution is -0.141. The maximum absolute atomic E-state index is 10.7. The minimum atomic E-state index is -4.90. The standard InChI is InChI=1S/C8H6Cl2O6S/c9-4-1-2-6(5(10)3-4)16-8(7(11)12)17(13,14)15/h1-3,8H,(H,11,12)(H,13,14,15). The van der Waals surface area contributed by atoms with E-state index < -0.39 is 21.5 Å². The molecule has 0 radical (unpaired) electrons. The van der Waals surface area contributed by atoms with Gasteiger partial charge < -0.3 is 9.84 Å². The van der Waals surface area contributed by atoms with E-state index in [0.29, 0.717) is 0 Å². The Hall–Kier alpha value is -1.02. The van der Waals surface area contributed by atoms with Gasteiger partial charge in [-0.3, -0.25) is 4.55 Å². The van der Waals surface area contributed by atoms with Gasteiger partial charge in [0.25, 0.3) is 0 Å². The first-order valence-corrected chi connectivity index (χ1v) is 6.28. The van der Waals surface area contributed by atoms with Gasteiger partial charge in [0.05, 0.1) is 5.02 Å². The molecule has 1 unspecified atom stereocenters. The molecular weight excluding hydrogens is 295 g/mol. The number of rotatable bonds is 4. The molecule has 1 atom stereocenters. The fourth-order valence-corrected chi connectivity index (χ4v) is 1.86. The number of ether oxygens (including phenoxy) is 1. The van der Waals surface area contributed by atoms with Crippen LogP contribution in [0.2, 0.25) is 10.0 Å². The summed E-state index contributed by atoms with van der Waals surface area (Å²) in [5.41, 5.74) is -2.44. The SMILES string of the molecule is O=C(O)C(Oc1ccc(Cl)cc1Cl)S(=O)(=O)O. The second-order valence-corrected chi connectivity index (χ2v) is 5.18. The summed E-state index contributed by atoms with van der Waals surface area (Å²) in [5, 5.41) is 8.77. The molecule has 6 nitrogen and oxygen atoms in total. The maximum Gasteiger partial charge on any atom is 0.363 e. The van der Waals surface area contributed by atoms with Crippen LogP contribution in [0.1, 0.15) is 0 Å². The van der Waals surface area contributed by atoms with Crippen molar-refractivity contribution in [3.63, 3.8) is 0 Å². The van der Waals surface area contributed by atoms with Crippen molar-refractivity contribution in [3.05, 3.63) is 28.2 Å². The molecule has 17 heavy (non-hydrogen) atoms. The van der Waals surface area contributed by atoms with Gasteiger partial charge in [0.1, 0.15) is 5.75 Å². The average molecular weight is 301 g/mol. The lowest BCUT2D eigenvalue weighted by atomic mass is 10.3.